The summed E-state index contributed by atoms with van der Waals surface area (Å²) < 4.78 is 14.2. The van der Waals surface area contributed by atoms with Crippen LogP contribution in [-0.4, -0.2) is 39.9 Å². The zero-order valence-electron chi connectivity index (χ0n) is 15.0. The van der Waals surface area contributed by atoms with Crippen molar-refractivity contribution in [3.8, 4) is 0 Å². The van der Waals surface area contributed by atoms with Crippen LogP contribution in [0.2, 0.25) is 5.02 Å². The summed E-state index contributed by atoms with van der Waals surface area (Å²) in [5, 5.41) is 0.373. The van der Waals surface area contributed by atoms with Gasteiger partial charge in [0.25, 0.3) is 0 Å². The number of anilines is 1. The minimum Gasteiger partial charge on any atom is -0.355 e. The SMILES string of the molecule is O=C([C@H]1CCCN(c2cnccn2)C1)N(Cc1c(F)cccc1Cl)C1CC1. The molecule has 5 nitrogen and oxygen atoms in total. The molecule has 2 heterocycles. The van der Waals surface area contributed by atoms with Gasteiger partial charge in [0, 0.05) is 42.1 Å². The van der Waals surface area contributed by atoms with Crippen molar-refractivity contribution in [3.05, 3.63) is 53.2 Å². The van der Waals surface area contributed by atoms with Crippen molar-refractivity contribution < 1.29 is 9.18 Å². The number of carbonyl (C=O) groups excluding carboxylic acids is 1. The number of benzene rings is 1. The highest BCUT2D eigenvalue weighted by molar-refractivity contribution is 6.31. The molecule has 0 N–H and O–H groups in total. The number of hydrogen-bond acceptors (Lipinski definition) is 4. The summed E-state index contributed by atoms with van der Waals surface area (Å²) in [7, 11) is 0. The lowest BCUT2D eigenvalue weighted by Gasteiger charge is -2.35. The Morgan fingerprint density at radius 2 is 2.15 bits per heavy atom. The molecule has 142 valence electrons. The Hall–Kier alpha value is -2.21. The number of rotatable bonds is 5. The van der Waals surface area contributed by atoms with Gasteiger partial charge in [0.05, 0.1) is 18.7 Å². The summed E-state index contributed by atoms with van der Waals surface area (Å²) in [6, 6.07) is 4.85. The molecule has 0 unspecified atom stereocenters. The van der Waals surface area contributed by atoms with Crippen LogP contribution in [0.1, 0.15) is 31.2 Å². The maximum Gasteiger partial charge on any atom is 0.228 e. The Morgan fingerprint density at radius 3 is 2.85 bits per heavy atom. The van der Waals surface area contributed by atoms with E-state index in [4.69, 9.17) is 11.6 Å². The van der Waals surface area contributed by atoms with Crippen LogP contribution >= 0.6 is 11.6 Å². The van der Waals surface area contributed by atoms with Gasteiger partial charge < -0.3 is 9.80 Å². The minimum absolute atomic E-state index is 0.0883. The van der Waals surface area contributed by atoms with Gasteiger partial charge in [0.15, 0.2) is 0 Å². The molecule has 2 fully saturated rings. The molecular formula is C20H22ClFN4O. The van der Waals surface area contributed by atoms with Crippen LogP contribution in [0.4, 0.5) is 10.2 Å². The van der Waals surface area contributed by atoms with E-state index in [2.05, 4.69) is 14.9 Å². The molecule has 1 atom stereocenters. The molecule has 7 heteroatoms. The van der Waals surface area contributed by atoms with E-state index < -0.39 is 0 Å². The highest BCUT2D eigenvalue weighted by atomic mass is 35.5. The van der Waals surface area contributed by atoms with E-state index in [0.29, 0.717) is 17.1 Å². The molecule has 0 spiro atoms. The standard InChI is InChI=1S/C20H22ClFN4O/c21-17-4-1-5-18(22)16(17)13-26(15-6-7-15)20(27)14-3-2-10-25(12-14)19-11-23-8-9-24-19/h1,4-5,8-9,11,14-15H,2-3,6-7,10,12-13H2/t14-/m0/s1. The second-order valence-electron chi connectivity index (χ2n) is 7.25. The molecule has 1 aliphatic carbocycles. The van der Waals surface area contributed by atoms with Gasteiger partial charge in [0.1, 0.15) is 11.6 Å². The summed E-state index contributed by atoms with van der Waals surface area (Å²) in [5.41, 5.74) is 0.404. The molecule has 1 aromatic heterocycles. The van der Waals surface area contributed by atoms with Gasteiger partial charge in [-0.1, -0.05) is 17.7 Å². The third kappa shape index (κ3) is 4.05. The van der Waals surface area contributed by atoms with Gasteiger partial charge in [-0.05, 0) is 37.8 Å². The van der Waals surface area contributed by atoms with Gasteiger partial charge >= 0.3 is 0 Å². The van der Waals surface area contributed by atoms with Crippen molar-refractivity contribution in [1.82, 2.24) is 14.9 Å². The van der Waals surface area contributed by atoms with Gasteiger partial charge in [0.2, 0.25) is 5.91 Å². The molecule has 1 amide bonds. The highest BCUT2D eigenvalue weighted by Crippen LogP contribution is 2.33. The molecule has 1 aliphatic heterocycles. The molecule has 2 aliphatic rings. The third-order valence-corrected chi connectivity index (χ3v) is 5.66. The van der Waals surface area contributed by atoms with E-state index in [-0.39, 0.29) is 30.2 Å². The normalized spacial score (nSPS) is 19.8. The summed E-state index contributed by atoms with van der Waals surface area (Å²) in [4.78, 5) is 25.7. The fourth-order valence-corrected chi connectivity index (χ4v) is 3.93. The van der Waals surface area contributed by atoms with Crippen molar-refractivity contribution in [2.24, 2.45) is 5.92 Å². The highest BCUT2D eigenvalue weighted by Gasteiger charge is 2.38. The Morgan fingerprint density at radius 1 is 1.30 bits per heavy atom. The number of piperidine rings is 1. The molecule has 1 saturated heterocycles. The van der Waals surface area contributed by atoms with Crippen molar-refractivity contribution in [2.75, 3.05) is 18.0 Å². The smallest absolute Gasteiger partial charge is 0.228 e. The van der Waals surface area contributed by atoms with Gasteiger partial charge in [-0.3, -0.25) is 9.78 Å². The van der Waals surface area contributed by atoms with Crippen LogP contribution < -0.4 is 4.90 Å². The number of amides is 1. The third-order valence-electron chi connectivity index (χ3n) is 5.31. The van der Waals surface area contributed by atoms with Gasteiger partial charge in [-0.15, -0.1) is 0 Å². The molecule has 0 radical (unpaired) electrons. The van der Waals surface area contributed by atoms with Crippen molar-refractivity contribution in [2.45, 2.75) is 38.3 Å². The first kappa shape index (κ1) is 18.2. The zero-order valence-corrected chi connectivity index (χ0v) is 15.8. The van der Waals surface area contributed by atoms with E-state index >= 15 is 0 Å². The van der Waals surface area contributed by atoms with Crippen molar-refractivity contribution in [3.63, 3.8) is 0 Å². The Labute approximate surface area is 163 Å². The van der Waals surface area contributed by atoms with E-state index in [1.165, 1.54) is 6.07 Å². The lowest BCUT2D eigenvalue weighted by Crippen LogP contribution is -2.45. The largest absolute Gasteiger partial charge is 0.355 e. The number of carbonyl (C=O) groups is 1. The van der Waals surface area contributed by atoms with Crippen molar-refractivity contribution in [1.29, 1.82) is 0 Å². The Balaban J connectivity index is 1.50. The van der Waals surface area contributed by atoms with Crippen LogP contribution in [0.3, 0.4) is 0 Å². The van der Waals surface area contributed by atoms with Gasteiger partial charge in [-0.25, -0.2) is 9.37 Å². The molecule has 2 aromatic rings. The maximum atomic E-state index is 14.2. The molecule has 1 aromatic carbocycles. The second-order valence-corrected chi connectivity index (χ2v) is 7.65. The monoisotopic (exact) mass is 388 g/mol. The Kier molecular flexibility index (Phi) is 5.25. The fraction of sp³-hybridized carbons (Fsp3) is 0.450. The van der Waals surface area contributed by atoms with Crippen LogP contribution in [0, 0.1) is 11.7 Å². The number of nitrogens with zero attached hydrogens (tertiary/aromatic N) is 4. The summed E-state index contributed by atoms with van der Waals surface area (Å²) in [5.74, 6) is 0.410. The molecule has 0 bridgehead atoms. The van der Waals surface area contributed by atoms with Crippen molar-refractivity contribution >= 4 is 23.3 Å². The second kappa shape index (κ2) is 7.80. The van der Waals surface area contributed by atoms with Crippen LogP contribution in [0.5, 0.6) is 0 Å². The average molecular weight is 389 g/mol. The number of aromatic nitrogens is 2. The van der Waals surface area contributed by atoms with Crippen LogP contribution in [0.25, 0.3) is 0 Å². The van der Waals surface area contributed by atoms with E-state index in [9.17, 15) is 9.18 Å². The first-order valence-electron chi connectivity index (χ1n) is 9.38. The van der Waals surface area contributed by atoms with E-state index in [1.54, 1.807) is 30.7 Å². The van der Waals surface area contributed by atoms with E-state index in [0.717, 1.165) is 38.0 Å². The minimum atomic E-state index is -0.356. The summed E-state index contributed by atoms with van der Waals surface area (Å²) in [6.07, 6.45) is 8.73. The first-order valence-corrected chi connectivity index (χ1v) is 9.75. The predicted molar refractivity (Wildman–Crippen MR) is 102 cm³/mol. The molecular weight excluding hydrogens is 367 g/mol. The fourth-order valence-electron chi connectivity index (χ4n) is 3.70. The number of halogens is 2. The summed E-state index contributed by atoms with van der Waals surface area (Å²) in [6.45, 7) is 1.72. The Bertz CT molecular complexity index is 795. The van der Waals surface area contributed by atoms with Crippen LogP contribution in [-0.2, 0) is 11.3 Å². The molecule has 4 rings (SSSR count). The lowest BCUT2D eigenvalue weighted by atomic mass is 9.96. The molecule has 1 saturated carbocycles. The predicted octanol–water partition coefficient (Wildman–Crippen LogP) is 3.68. The molecule has 27 heavy (non-hydrogen) atoms. The topological polar surface area (TPSA) is 49.3 Å². The van der Waals surface area contributed by atoms with Gasteiger partial charge in [-0.2, -0.15) is 0 Å². The zero-order chi connectivity index (χ0) is 18.8. The quantitative estimate of drug-likeness (QED) is 0.784. The average Bonchev–Trinajstić information content (AvgIpc) is 3.53. The first-order chi connectivity index (χ1) is 13.1. The summed E-state index contributed by atoms with van der Waals surface area (Å²) >= 11 is 6.19. The maximum absolute atomic E-state index is 14.2. The lowest BCUT2D eigenvalue weighted by molar-refractivity contribution is -0.137. The van der Waals surface area contributed by atoms with E-state index in [1.807, 2.05) is 4.90 Å². The van der Waals surface area contributed by atoms with Crippen LogP contribution in [0.15, 0.2) is 36.8 Å². The number of hydrogen-bond donors (Lipinski definition) is 0.